The molecule has 1 aromatic rings. The monoisotopic (exact) mass is 501 g/mol. The molecule has 0 aromatic heterocycles. The maximum absolute atomic E-state index is 13.5. The second-order valence-corrected chi connectivity index (χ2v) is 11.4. The fourth-order valence-electron chi connectivity index (χ4n) is 6.32. The quantitative estimate of drug-likeness (QED) is 0.355. The molecule has 0 bridgehead atoms. The SMILES string of the molecule is CCOCCCC[C@](O)(c1ccccc1)[C@@H]1CCCN(C(=O)N[C@@H](CC2CCCCC2)CN(C)C)C1. The molecule has 204 valence electrons. The van der Waals surface area contributed by atoms with E-state index in [0.29, 0.717) is 13.0 Å². The van der Waals surface area contributed by atoms with E-state index in [9.17, 15) is 9.90 Å². The number of likely N-dealkylation sites (tertiary alicyclic amines) is 1. The van der Waals surface area contributed by atoms with Crippen LogP contribution < -0.4 is 5.32 Å². The van der Waals surface area contributed by atoms with Gasteiger partial charge in [-0.3, -0.25) is 0 Å². The van der Waals surface area contributed by atoms with E-state index in [1.807, 2.05) is 42.2 Å². The molecule has 0 radical (unpaired) electrons. The first-order valence-corrected chi connectivity index (χ1v) is 14.5. The average molecular weight is 502 g/mol. The third kappa shape index (κ3) is 8.74. The van der Waals surface area contributed by atoms with Crippen LogP contribution in [0.5, 0.6) is 0 Å². The van der Waals surface area contributed by atoms with Crippen molar-refractivity contribution in [1.82, 2.24) is 15.1 Å². The van der Waals surface area contributed by atoms with E-state index in [1.165, 1.54) is 32.1 Å². The van der Waals surface area contributed by atoms with Gasteiger partial charge in [0.15, 0.2) is 0 Å². The fourth-order valence-corrected chi connectivity index (χ4v) is 6.32. The van der Waals surface area contributed by atoms with Gasteiger partial charge in [-0.15, -0.1) is 0 Å². The molecule has 0 unspecified atom stereocenters. The van der Waals surface area contributed by atoms with Gasteiger partial charge in [-0.05, 0) is 71.0 Å². The van der Waals surface area contributed by atoms with Crippen LogP contribution in [0.4, 0.5) is 4.79 Å². The van der Waals surface area contributed by atoms with Crippen molar-refractivity contribution in [2.45, 2.75) is 89.2 Å². The van der Waals surface area contributed by atoms with Gasteiger partial charge in [0, 0.05) is 44.8 Å². The fraction of sp³-hybridized carbons (Fsp3) is 0.767. The molecule has 0 spiro atoms. The molecule has 1 saturated heterocycles. The number of amides is 2. The Bertz CT molecular complexity index is 753. The van der Waals surface area contributed by atoms with E-state index in [0.717, 1.165) is 69.9 Å². The maximum Gasteiger partial charge on any atom is 0.317 e. The van der Waals surface area contributed by atoms with Crippen molar-refractivity contribution in [3.63, 3.8) is 0 Å². The number of rotatable bonds is 13. The molecule has 1 aliphatic carbocycles. The van der Waals surface area contributed by atoms with Crippen LogP contribution in [0, 0.1) is 11.8 Å². The third-order valence-corrected chi connectivity index (χ3v) is 8.21. The van der Waals surface area contributed by atoms with Crippen molar-refractivity contribution in [3.05, 3.63) is 35.9 Å². The number of piperidine rings is 1. The van der Waals surface area contributed by atoms with Crippen molar-refractivity contribution >= 4 is 6.03 Å². The number of hydrogen-bond donors (Lipinski definition) is 2. The van der Waals surface area contributed by atoms with Gasteiger partial charge in [0.25, 0.3) is 0 Å². The van der Waals surface area contributed by atoms with Crippen LogP contribution in [0.15, 0.2) is 30.3 Å². The highest BCUT2D eigenvalue weighted by Gasteiger charge is 2.41. The highest BCUT2D eigenvalue weighted by Crippen LogP contribution is 2.39. The normalized spacial score (nSPS) is 21.8. The van der Waals surface area contributed by atoms with Crippen molar-refractivity contribution < 1.29 is 14.6 Å². The summed E-state index contributed by atoms with van der Waals surface area (Å²) in [6, 6.07) is 10.3. The Morgan fingerprint density at radius 3 is 2.58 bits per heavy atom. The highest BCUT2D eigenvalue weighted by molar-refractivity contribution is 5.74. The van der Waals surface area contributed by atoms with Gasteiger partial charge >= 0.3 is 6.03 Å². The summed E-state index contributed by atoms with van der Waals surface area (Å²) in [6.07, 6.45) is 12.0. The molecule has 2 N–H and O–H groups in total. The minimum Gasteiger partial charge on any atom is -0.385 e. The molecular weight excluding hydrogens is 450 g/mol. The summed E-state index contributed by atoms with van der Waals surface area (Å²) in [4.78, 5) is 17.6. The summed E-state index contributed by atoms with van der Waals surface area (Å²) in [7, 11) is 4.17. The lowest BCUT2D eigenvalue weighted by Crippen LogP contribution is -2.54. The van der Waals surface area contributed by atoms with Crippen molar-refractivity contribution in [2.75, 3.05) is 46.9 Å². The minimum atomic E-state index is -0.933. The summed E-state index contributed by atoms with van der Waals surface area (Å²) in [5.41, 5.74) is 0.0360. The molecule has 6 heteroatoms. The van der Waals surface area contributed by atoms with E-state index >= 15 is 0 Å². The van der Waals surface area contributed by atoms with Gasteiger partial charge in [0.1, 0.15) is 0 Å². The summed E-state index contributed by atoms with van der Waals surface area (Å²) < 4.78 is 5.52. The molecule has 1 aliphatic heterocycles. The minimum absolute atomic E-state index is 0.0251. The van der Waals surface area contributed by atoms with Crippen LogP contribution in [0.1, 0.15) is 83.1 Å². The predicted octanol–water partition coefficient (Wildman–Crippen LogP) is 5.40. The number of carbonyl (C=O) groups excluding carboxylic acids is 1. The molecule has 2 fully saturated rings. The number of nitrogens with one attached hydrogen (secondary N) is 1. The van der Waals surface area contributed by atoms with Gasteiger partial charge in [0.05, 0.1) is 5.60 Å². The van der Waals surface area contributed by atoms with E-state index in [2.05, 4.69) is 24.3 Å². The molecule has 3 atom stereocenters. The lowest BCUT2D eigenvalue weighted by Gasteiger charge is -2.43. The third-order valence-electron chi connectivity index (χ3n) is 8.21. The Morgan fingerprint density at radius 1 is 1.14 bits per heavy atom. The lowest BCUT2D eigenvalue weighted by atomic mass is 9.74. The number of ether oxygens (including phenoxy) is 1. The lowest BCUT2D eigenvalue weighted by molar-refractivity contribution is -0.0566. The molecule has 36 heavy (non-hydrogen) atoms. The molecule has 1 saturated carbocycles. The standard InChI is InChI=1S/C30H51N3O3/c1-4-36-21-12-11-19-30(35,26-16-9-6-10-17-26)27-18-13-20-33(23-27)29(34)31-28(24-32(2)3)22-25-14-7-5-8-15-25/h6,9-10,16-17,25,27-28,35H,4-5,7-8,11-15,18-24H2,1-3H3,(H,31,34)/t27-,28+,30+/m1/s1. The Labute approximate surface area is 219 Å². The molecule has 1 heterocycles. The van der Waals surface area contributed by atoms with Gasteiger partial charge in [-0.1, -0.05) is 62.4 Å². The topological polar surface area (TPSA) is 65.0 Å². The first-order chi connectivity index (χ1) is 17.4. The molecule has 3 rings (SSSR count). The zero-order valence-electron chi connectivity index (χ0n) is 23.1. The Balaban J connectivity index is 1.65. The van der Waals surface area contributed by atoms with Crippen molar-refractivity contribution in [3.8, 4) is 0 Å². The van der Waals surface area contributed by atoms with Crippen LogP contribution in [0.3, 0.4) is 0 Å². The molecule has 2 aliphatic rings. The van der Waals surface area contributed by atoms with Gasteiger partial charge in [-0.25, -0.2) is 4.79 Å². The first-order valence-electron chi connectivity index (χ1n) is 14.5. The van der Waals surface area contributed by atoms with E-state index in [4.69, 9.17) is 4.74 Å². The second-order valence-electron chi connectivity index (χ2n) is 11.4. The number of benzene rings is 1. The van der Waals surface area contributed by atoms with E-state index in [1.54, 1.807) is 0 Å². The van der Waals surface area contributed by atoms with E-state index in [-0.39, 0.29) is 18.0 Å². The number of carbonyl (C=O) groups is 1. The first kappa shape index (κ1) is 28.9. The van der Waals surface area contributed by atoms with Crippen molar-refractivity contribution in [1.29, 1.82) is 0 Å². The zero-order valence-corrected chi connectivity index (χ0v) is 23.1. The number of urea groups is 1. The molecule has 1 aromatic carbocycles. The number of unbranched alkanes of at least 4 members (excludes halogenated alkanes) is 1. The van der Waals surface area contributed by atoms with Gasteiger partial charge < -0.3 is 25.0 Å². The van der Waals surface area contributed by atoms with Crippen molar-refractivity contribution in [2.24, 2.45) is 11.8 Å². The zero-order chi connectivity index (χ0) is 25.8. The van der Waals surface area contributed by atoms with Crippen LogP contribution in [-0.2, 0) is 10.3 Å². The van der Waals surface area contributed by atoms with Crippen LogP contribution in [0.25, 0.3) is 0 Å². The van der Waals surface area contributed by atoms with Crippen LogP contribution in [0.2, 0.25) is 0 Å². The molecular formula is C30H51N3O3. The molecule has 6 nitrogen and oxygen atoms in total. The smallest absolute Gasteiger partial charge is 0.317 e. The number of hydrogen-bond acceptors (Lipinski definition) is 4. The highest BCUT2D eigenvalue weighted by atomic mass is 16.5. The van der Waals surface area contributed by atoms with Gasteiger partial charge in [0.2, 0.25) is 0 Å². The van der Waals surface area contributed by atoms with Crippen LogP contribution in [-0.4, -0.2) is 73.9 Å². The largest absolute Gasteiger partial charge is 0.385 e. The average Bonchev–Trinajstić information content (AvgIpc) is 2.89. The summed E-state index contributed by atoms with van der Waals surface area (Å²) in [5, 5.41) is 15.5. The number of likely N-dealkylation sites (N-methyl/N-ethyl adjacent to an activating group) is 1. The Hall–Kier alpha value is -1.63. The maximum atomic E-state index is 13.5. The summed E-state index contributed by atoms with van der Waals surface area (Å²) >= 11 is 0. The number of nitrogens with zero attached hydrogens (tertiary/aromatic N) is 2. The molecule has 2 amide bonds. The predicted molar refractivity (Wildman–Crippen MR) is 147 cm³/mol. The Morgan fingerprint density at radius 2 is 1.89 bits per heavy atom. The summed E-state index contributed by atoms with van der Waals surface area (Å²) in [5.74, 6) is 0.745. The van der Waals surface area contributed by atoms with Crippen LogP contribution >= 0.6 is 0 Å². The Kier molecular flexibility index (Phi) is 12.0. The number of aliphatic hydroxyl groups is 1. The summed E-state index contributed by atoms with van der Waals surface area (Å²) in [6.45, 7) is 5.70. The van der Waals surface area contributed by atoms with Gasteiger partial charge in [-0.2, -0.15) is 0 Å². The van der Waals surface area contributed by atoms with E-state index < -0.39 is 5.60 Å². The second kappa shape index (κ2) is 14.9.